The molecular weight excluding hydrogens is 304 g/mol. The monoisotopic (exact) mass is 314 g/mol. The zero-order chi connectivity index (χ0) is 16.8. The van der Waals surface area contributed by atoms with Crippen LogP contribution in [-0.4, -0.2) is 42.8 Å². The second-order valence-corrected chi connectivity index (χ2v) is 4.30. The Labute approximate surface area is 129 Å². The lowest BCUT2D eigenvalue weighted by Gasteiger charge is -2.07. The summed E-state index contributed by atoms with van der Waals surface area (Å²) in [5, 5.41) is 42.6. The van der Waals surface area contributed by atoms with Gasteiger partial charge >= 0.3 is 11.9 Å². The Balaban J connectivity index is 2.27. The van der Waals surface area contributed by atoms with Crippen molar-refractivity contribution in [2.45, 2.75) is 6.42 Å². The molecule has 0 aliphatic rings. The number of carboxylic acid groups (broad SMARTS) is 2. The first kappa shape index (κ1) is 15.6. The Morgan fingerprint density at radius 3 is 2.74 bits per heavy atom. The van der Waals surface area contributed by atoms with Crippen molar-refractivity contribution in [3.8, 4) is 6.07 Å². The number of aliphatic carboxylic acids is 1. The fourth-order valence-electron chi connectivity index (χ4n) is 1.76. The zero-order valence-corrected chi connectivity index (χ0v) is 11.5. The summed E-state index contributed by atoms with van der Waals surface area (Å²) in [5.41, 5.74) is 0.500. The molecule has 1 aromatic heterocycles. The van der Waals surface area contributed by atoms with E-state index in [-0.39, 0.29) is 22.5 Å². The maximum atomic E-state index is 11.2. The number of aromatic carboxylic acids is 1. The van der Waals surface area contributed by atoms with Gasteiger partial charge in [-0.2, -0.15) is 10.5 Å². The van der Waals surface area contributed by atoms with Gasteiger partial charge in [0.1, 0.15) is 11.6 Å². The first-order chi connectivity index (χ1) is 11.0. The van der Waals surface area contributed by atoms with Crippen LogP contribution in [0.5, 0.6) is 0 Å². The molecule has 0 bridgehead atoms. The predicted molar refractivity (Wildman–Crippen MR) is 76.1 cm³/mol. The molecule has 10 heteroatoms. The molecule has 0 atom stereocenters. The van der Waals surface area contributed by atoms with E-state index in [0.29, 0.717) is 5.69 Å². The van der Waals surface area contributed by atoms with Gasteiger partial charge in [0.05, 0.1) is 12.0 Å². The fourth-order valence-corrected chi connectivity index (χ4v) is 1.76. The van der Waals surface area contributed by atoms with E-state index in [0.717, 1.165) is 0 Å². The average Bonchev–Trinajstić information content (AvgIpc) is 3.02. The number of tetrazole rings is 1. The van der Waals surface area contributed by atoms with E-state index in [2.05, 4.69) is 25.9 Å². The summed E-state index contributed by atoms with van der Waals surface area (Å²) in [6.07, 6.45) is 0.896. The molecule has 10 nitrogen and oxygen atoms in total. The summed E-state index contributed by atoms with van der Waals surface area (Å²) in [7, 11) is 0. The summed E-state index contributed by atoms with van der Waals surface area (Å²) in [5.74, 6) is -2.29. The smallest absolute Gasteiger partial charge is 0.336 e. The summed E-state index contributed by atoms with van der Waals surface area (Å²) in [6.45, 7) is 0. The van der Waals surface area contributed by atoms with Gasteiger partial charge in [-0.25, -0.2) is 4.79 Å². The molecule has 0 saturated heterocycles. The van der Waals surface area contributed by atoms with Crippen molar-refractivity contribution in [2.75, 3.05) is 5.32 Å². The number of anilines is 1. The van der Waals surface area contributed by atoms with Crippen molar-refractivity contribution in [1.82, 2.24) is 20.6 Å². The van der Waals surface area contributed by atoms with Crippen molar-refractivity contribution >= 4 is 23.2 Å². The Hall–Kier alpha value is -3.74. The summed E-state index contributed by atoms with van der Waals surface area (Å²) in [6, 6.07) is 6.05. The number of nitriles is 1. The van der Waals surface area contributed by atoms with Gasteiger partial charge in [0.15, 0.2) is 0 Å². The van der Waals surface area contributed by atoms with Crippen LogP contribution < -0.4 is 5.32 Å². The molecule has 0 spiro atoms. The molecule has 4 N–H and O–H groups in total. The fraction of sp³-hybridized carbons (Fsp3) is 0.0769. The minimum Gasteiger partial charge on any atom is -0.481 e. The Kier molecular flexibility index (Phi) is 4.63. The van der Waals surface area contributed by atoms with Crippen LogP contribution in [-0.2, 0) is 11.2 Å². The third kappa shape index (κ3) is 3.88. The van der Waals surface area contributed by atoms with Gasteiger partial charge in [0, 0.05) is 11.9 Å². The number of carboxylic acids is 2. The van der Waals surface area contributed by atoms with Gasteiger partial charge < -0.3 is 15.5 Å². The molecule has 0 aliphatic heterocycles. The van der Waals surface area contributed by atoms with E-state index in [9.17, 15) is 9.59 Å². The predicted octanol–water partition coefficient (Wildman–Crippen LogP) is 0.502. The van der Waals surface area contributed by atoms with Crippen LogP contribution in [0.4, 0.5) is 5.69 Å². The van der Waals surface area contributed by atoms with Gasteiger partial charge in [-0.1, -0.05) is 6.07 Å². The van der Waals surface area contributed by atoms with Gasteiger partial charge in [0.2, 0.25) is 5.82 Å². The molecule has 0 aliphatic carbocycles. The number of allylic oxidation sites excluding steroid dienone is 1. The standard InChI is InChI=1S/C13H10N6O4/c14-5-8(12-16-18-19-17-12)6-15-9-2-1-7(3-11(20)21)10(4-9)13(22)23/h1-2,4,6,15H,3H2,(H,20,21)(H,22,23)(H,16,17,18,19). The summed E-state index contributed by atoms with van der Waals surface area (Å²) < 4.78 is 0. The first-order valence-corrected chi connectivity index (χ1v) is 6.20. The molecule has 2 rings (SSSR count). The number of hydrogen-bond donors (Lipinski definition) is 4. The van der Waals surface area contributed by atoms with E-state index in [1.165, 1.54) is 24.4 Å². The van der Waals surface area contributed by atoms with Crippen LogP contribution in [0.2, 0.25) is 0 Å². The topological polar surface area (TPSA) is 165 Å². The molecule has 1 heterocycles. The SMILES string of the molecule is N#CC(=CNc1ccc(CC(=O)O)c(C(=O)O)c1)c1nn[nH]n1. The van der Waals surface area contributed by atoms with Gasteiger partial charge in [-0.05, 0) is 22.9 Å². The Bertz CT molecular complexity index is 806. The number of aromatic nitrogens is 4. The molecule has 0 unspecified atom stereocenters. The van der Waals surface area contributed by atoms with E-state index < -0.39 is 18.4 Å². The quantitative estimate of drug-likeness (QED) is 0.555. The highest BCUT2D eigenvalue weighted by Gasteiger charge is 2.13. The second kappa shape index (κ2) is 6.81. The molecule has 1 aromatic carbocycles. The highest BCUT2D eigenvalue weighted by atomic mass is 16.4. The zero-order valence-electron chi connectivity index (χ0n) is 11.5. The number of hydrogen-bond acceptors (Lipinski definition) is 7. The lowest BCUT2D eigenvalue weighted by Crippen LogP contribution is -2.08. The summed E-state index contributed by atoms with van der Waals surface area (Å²) >= 11 is 0. The van der Waals surface area contributed by atoms with Gasteiger partial charge in [-0.15, -0.1) is 10.2 Å². The number of nitrogens with zero attached hydrogens (tertiary/aromatic N) is 4. The Morgan fingerprint density at radius 1 is 1.39 bits per heavy atom. The molecule has 0 radical (unpaired) electrons. The third-order valence-electron chi connectivity index (χ3n) is 2.77. The third-order valence-corrected chi connectivity index (χ3v) is 2.77. The number of rotatable bonds is 6. The molecule has 2 aromatic rings. The molecule has 23 heavy (non-hydrogen) atoms. The number of carbonyl (C=O) groups is 2. The van der Waals surface area contributed by atoms with E-state index in [1.54, 1.807) is 0 Å². The van der Waals surface area contributed by atoms with Crippen LogP contribution in [0.25, 0.3) is 5.57 Å². The van der Waals surface area contributed by atoms with Crippen molar-refractivity contribution < 1.29 is 19.8 Å². The largest absolute Gasteiger partial charge is 0.481 e. The first-order valence-electron chi connectivity index (χ1n) is 6.20. The van der Waals surface area contributed by atoms with Crippen molar-refractivity contribution in [3.63, 3.8) is 0 Å². The molecular formula is C13H10N6O4. The average molecular weight is 314 g/mol. The number of benzene rings is 1. The molecule has 116 valence electrons. The van der Waals surface area contributed by atoms with Gasteiger partial charge in [-0.3, -0.25) is 4.79 Å². The van der Waals surface area contributed by atoms with Crippen molar-refractivity contribution in [1.29, 1.82) is 5.26 Å². The maximum absolute atomic E-state index is 11.2. The van der Waals surface area contributed by atoms with E-state index in [1.807, 2.05) is 6.07 Å². The second-order valence-electron chi connectivity index (χ2n) is 4.30. The van der Waals surface area contributed by atoms with E-state index in [4.69, 9.17) is 15.5 Å². The van der Waals surface area contributed by atoms with Crippen molar-refractivity contribution in [3.05, 3.63) is 41.4 Å². The minimum atomic E-state index is -1.24. The van der Waals surface area contributed by atoms with Crippen LogP contribution in [0.1, 0.15) is 21.7 Å². The van der Waals surface area contributed by atoms with E-state index >= 15 is 0 Å². The molecule has 0 amide bonds. The lowest BCUT2D eigenvalue weighted by molar-refractivity contribution is -0.136. The highest BCUT2D eigenvalue weighted by molar-refractivity contribution is 5.92. The normalized spacial score (nSPS) is 10.8. The maximum Gasteiger partial charge on any atom is 0.336 e. The highest BCUT2D eigenvalue weighted by Crippen LogP contribution is 2.18. The van der Waals surface area contributed by atoms with Crippen LogP contribution >= 0.6 is 0 Å². The summed E-state index contributed by atoms with van der Waals surface area (Å²) in [4.78, 5) is 22.0. The van der Waals surface area contributed by atoms with Crippen LogP contribution in [0.15, 0.2) is 24.4 Å². The van der Waals surface area contributed by atoms with Crippen molar-refractivity contribution in [2.24, 2.45) is 0 Å². The molecule has 0 fully saturated rings. The number of nitrogens with one attached hydrogen (secondary N) is 2. The Morgan fingerprint density at radius 2 is 2.17 bits per heavy atom. The number of H-pyrrole nitrogens is 1. The molecule has 0 saturated carbocycles. The minimum absolute atomic E-state index is 0.0842. The van der Waals surface area contributed by atoms with Crippen LogP contribution in [0.3, 0.4) is 0 Å². The van der Waals surface area contributed by atoms with Gasteiger partial charge in [0.25, 0.3) is 0 Å². The lowest BCUT2D eigenvalue weighted by atomic mass is 10.0. The number of aromatic amines is 1. The van der Waals surface area contributed by atoms with Crippen LogP contribution in [0, 0.1) is 11.3 Å².